The topological polar surface area (TPSA) is 66.5 Å². The Morgan fingerprint density at radius 3 is 2.32 bits per heavy atom. The minimum absolute atomic E-state index is 0.0848. The first-order valence-corrected chi connectivity index (χ1v) is 10.5. The number of likely N-dealkylation sites (tertiary alicyclic amines) is 1. The lowest BCUT2D eigenvalue weighted by Gasteiger charge is -2.45. The van der Waals surface area contributed by atoms with Crippen molar-refractivity contribution in [2.24, 2.45) is 0 Å². The van der Waals surface area contributed by atoms with E-state index in [1.54, 1.807) is 26.4 Å². The van der Waals surface area contributed by atoms with Gasteiger partial charge in [-0.2, -0.15) is 0 Å². The van der Waals surface area contributed by atoms with Crippen molar-refractivity contribution in [3.63, 3.8) is 0 Å². The fourth-order valence-corrected chi connectivity index (χ4v) is 4.71. The number of piperidine rings is 1. The van der Waals surface area contributed by atoms with E-state index in [1.807, 2.05) is 11.0 Å². The Balaban J connectivity index is 1.56. The van der Waals surface area contributed by atoms with Crippen molar-refractivity contribution >= 4 is 5.91 Å². The maximum Gasteiger partial charge on any atom is 0.257 e. The van der Waals surface area contributed by atoms with Crippen molar-refractivity contribution < 1.29 is 28.5 Å². The number of amides is 1. The zero-order valence-corrected chi connectivity index (χ0v) is 18.5. The molecule has 166 valence electrons. The lowest BCUT2D eigenvalue weighted by Crippen LogP contribution is -2.48. The van der Waals surface area contributed by atoms with E-state index >= 15 is 0 Å². The number of carbonyl (C=O) groups excluding carboxylic acids is 1. The molecule has 7 nitrogen and oxygen atoms in total. The van der Waals surface area contributed by atoms with Gasteiger partial charge in [0.25, 0.3) is 5.91 Å². The van der Waals surface area contributed by atoms with E-state index in [0.717, 1.165) is 25.0 Å². The number of ether oxygens (including phenoxy) is 5. The summed E-state index contributed by atoms with van der Waals surface area (Å²) in [5.74, 6) is 2.11. The molecule has 1 amide bonds. The van der Waals surface area contributed by atoms with Gasteiger partial charge >= 0.3 is 0 Å². The Bertz CT molecular complexity index is 965. The average Bonchev–Trinajstić information content (AvgIpc) is 2.82. The zero-order valence-electron chi connectivity index (χ0n) is 18.5. The third kappa shape index (κ3) is 3.67. The smallest absolute Gasteiger partial charge is 0.257 e. The van der Waals surface area contributed by atoms with Gasteiger partial charge in [0.05, 0.1) is 46.2 Å². The predicted octanol–water partition coefficient (Wildman–Crippen LogP) is 3.43. The Hall–Kier alpha value is -2.93. The van der Waals surface area contributed by atoms with Crippen LogP contribution in [-0.4, -0.2) is 58.9 Å². The highest BCUT2D eigenvalue weighted by molar-refractivity contribution is 5.98. The van der Waals surface area contributed by atoms with Gasteiger partial charge in [0.2, 0.25) is 5.75 Å². The van der Waals surface area contributed by atoms with Crippen LogP contribution in [0.5, 0.6) is 23.0 Å². The maximum atomic E-state index is 13.3. The highest BCUT2D eigenvalue weighted by Crippen LogP contribution is 2.44. The number of rotatable bonds is 5. The van der Waals surface area contributed by atoms with Gasteiger partial charge in [-0.25, -0.2) is 0 Å². The molecule has 2 heterocycles. The summed E-state index contributed by atoms with van der Waals surface area (Å²) in [5, 5.41) is 0. The predicted molar refractivity (Wildman–Crippen MR) is 116 cm³/mol. The van der Waals surface area contributed by atoms with E-state index in [1.165, 1.54) is 25.3 Å². The first-order chi connectivity index (χ1) is 15.1. The van der Waals surface area contributed by atoms with E-state index in [2.05, 4.69) is 12.1 Å². The molecule has 0 N–H and O–H groups in total. The Morgan fingerprint density at radius 2 is 1.68 bits per heavy atom. The summed E-state index contributed by atoms with van der Waals surface area (Å²) in [6.45, 7) is 1.88. The van der Waals surface area contributed by atoms with E-state index in [-0.39, 0.29) is 11.5 Å². The molecule has 2 aliphatic heterocycles. The molecule has 0 saturated carbocycles. The van der Waals surface area contributed by atoms with Crippen molar-refractivity contribution in [2.75, 3.05) is 48.1 Å². The third-order valence-corrected chi connectivity index (χ3v) is 6.35. The van der Waals surface area contributed by atoms with E-state index in [9.17, 15) is 4.79 Å². The Morgan fingerprint density at radius 1 is 0.935 bits per heavy atom. The second-order valence-electron chi connectivity index (χ2n) is 7.79. The van der Waals surface area contributed by atoms with Crippen LogP contribution in [0, 0.1) is 0 Å². The Kier molecular flexibility index (Phi) is 5.96. The summed E-state index contributed by atoms with van der Waals surface area (Å²) in [6.07, 6.45) is 2.36. The molecule has 1 saturated heterocycles. The van der Waals surface area contributed by atoms with Crippen molar-refractivity contribution in [3.8, 4) is 23.0 Å². The fourth-order valence-electron chi connectivity index (χ4n) is 4.71. The molecule has 0 radical (unpaired) electrons. The molecule has 0 atom stereocenters. The summed E-state index contributed by atoms with van der Waals surface area (Å²) in [6, 6.07) is 9.66. The number of nitrogens with zero attached hydrogens (tertiary/aromatic N) is 1. The zero-order chi connectivity index (χ0) is 22.0. The molecule has 31 heavy (non-hydrogen) atoms. The van der Waals surface area contributed by atoms with Crippen LogP contribution in [0.3, 0.4) is 0 Å². The highest BCUT2D eigenvalue weighted by Gasteiger charge is 2.42. The number of benzene rings is 2. The molecule has 2 aliphatic rings. The first kappa shape index (κ1) is 21.3. The number of methoxy groups -OCH3 is 4. The lowest BCUT2D eigenvalue weighted by molar-refractivity contribution is -0.0935. The molecular formula is C24H29NO6. The third-order valence-electron chi connectivity index (χ3n) is 6.35. The molecule has 0 aliphatic carbocycles. The lowest BCUT2D eigenvalue weighted by atomic mass is 9.79. The van der Waals surface area contributed by atoms with Crippen molar-refractivity contribution in [3.05, 3.63) is 47.0 Å². The summed E-state index contributed by atoms with van der Waals surface area (Å²) >= 11 is 0. The van der Waals surface area contributed by atoms with Crippen LogP contribution in [0.15, 0.2) is 30.3 Å². The van der Waals surface area contributed by atoms with Crippen LogP contribution in [0.4, 0.5) is 0 Å². The summed E-state index contributed by atoms with van der Waals surface area (Å²) in [5.41, 5.74) is 2.60. The van der Waals surface area contributed by atoms with E-state index < -0.39 is 0 Å². The largest absolute Gasteiger partial charge is 0.497 e. The van der Waals surface area contributed by atoms with Crippen LogP contribution in [0.2, 0.25) is 0 Å². The van der Waals surface area contributed by atoms with Gasteiger partial charge in [-0.3, -0.25) is 4.79 Å². The van der Waals surface area contributed by atoms with Gasteiger partial charge < -0.3 is 28.6 Å². The van der Waals surface area contributed by atoms with Crippen LogP contribution < -0.4 is 18.9 Å². The number of hydrogen-bond donors (Lipinski definition) is 0. The van der Waals surface area contributed by atoms with Crippen LogP contribution in [-0.2, 0) is 16.8 Å². The first-order valence-electron chi connectivity index (χ1n) is 10.5. The van der Waals surface area contributed by atoms with E-state index in [0.29, 0.717) is 42.5 Å². The second kappa shape index (κ2) is 8.67. The second-order valence-corrected chi connectivity index (χ2v) is 7.79. The van der Waals surface area contributed by atoms with Crippen molar-refractivity contribution in [1.29, 1.82) is 0 Å². The van der Waals surface area contributed by atoms with Crippen molar-refractivity contribution in [2.45, 2.75) is 24.9 Å². The normalized spacial score (nSPS) is 17.1. The molecule has 4 rings (SSSR count). The standard InChI is InChI=1S/C24H29NO6/c1-27-17-5-7-19-16(15-17)9-14-31-24(19)10-12-25(13-11-24)23(26)18-6-8-20(28-2)22(30-4)21(18)29-3/h5-8,15H,9-14H2,1-4H3. The SMILES string of the molecule is COc1ccc2c(c1)CCOC21CCN(C(=O)c2ccc(OC)c(OC)c2OC)CC1. The minimum atomic E-state index is -0.349. The number of fused-ring (bicyclic) bond motifs is 2. The van der Waals surface area contributed by atoms with Crippen LogP contribution in [0.25, 0.3) is 0 Å². The minimum Gasteiger partial charge on any atom is -0.497 e. The summed E-state index contributed by atoms with van der Waals surface area (Å²) < 4.78 is 28.0. The molecule has 2 aromatic carbocycles. The molecule has 2 aromatic rings. The Labute approximate surface area is 182 Å². The maximum absolute atomic E-state index is 13.3. The molecule has 0 bridgehead atoms. The van der Waals surface area contributed by atoms with Crippen LogP contribution in [0.1, 0.15) is 34.3 Å². The van der Waals surface area contributed by atoms with Gasteiger partial charge in [0.15, 0.2) is 11.5 Å². The van der Waals surface area contributed by atoms with Gasteiger partial charge in [-0.05, 0) is 54.7 Å². The number of hydrogen-bond acceptors (Lipinski definition) is 6. The highest BCUT2D eigenvalue weighted by atomic mass is 16.5. The van der Waals surface area contributed by atoms with Gasteiger partial charge in [-0.15, -0.1) is 0 Å². The molecule has 1 spiro atoms. The molecule has 0 aromatic heterocycles. The molecular weight excluding hydrogens is 398 g/mol. The van der Waals surface area contributed by atoms with E-state index in [4.69, 9.17) is 23.7 Å². The summed E-state index contributed by atoms with van der Waals surface area (Å²) in [4.78, 5) is 15.2. The monoisotopic (exact) mass is 427 g/mol. The molecule has 0 unspecified atom stereocenters. The average molecular weight is 427 g/mol. The fraction of sp³-hybridized carbons (Fsp3) is 0.458. The van der Waals surface area contributed by atoms with Crippen molar-refractivity contribution in [1.82, 2.24) is 4.90 Å². The molecule has 1 fully saturated rings. The van der Waals surface area contributed by atoms with Crippen LogP contribution >= 0.6 is 0 Å². The van der Waals surface area contributed by atoms with Gasteiger partial charge in [0.1, 0.15) is 5.75 Å². The number of carbonyl (C=O) groups is 1. The summed E-state index contributed by atoms with van der Waals surface area (Å²) in [7, 11) is 6.30. The van der Waals surface area contributed by atoms with Gasteiger partial charge in [0, 0.05) is 13.1 Å². The van der Waals surface area contributed by atoms with Gasteiger partial charge in [-0.1, -0.05) is 6.07 Å². The quantitative estimate of drug-likeness (QED) is 0.729. The molecule has 7 heteroatoms.